The molecule has 4 rings (SSSR count). The van der Waals surface area contributed by atoms with Gasteiger partial charge in [0.05, 0.1) is 25.0 Å². The lowest BCUT2D eigenvalue weighted by atomic mass is 9.83. The summed E-state index contributed by atoms with van der Waals surface area (Å²) < 4.78 is 33.6. The maximum atomic E-state index is 11.9. The minimum Gasteiger partial charge on any atom is -0.619 e. The summed E-state index contributed by atoms with van der Waals surface area (Å²) in [5.74, 6) is 0.584. The van der Waals surface area contributed by atoms with Crippen molar-refractivity contribution in [3.05, 3.63) is 65.6 Å². The number of benzene rings is 1. The van der Waals surface area contributed by atoms with Crippen molar-refractivity contribution >= 4 is 15.7 Å². The minimum atomic E-state index is -3.33. The topological polar surface area (TPSA) is 85.6 Å². The van der Waals surface area contributed by atoms with Crippen LogP contribution in [-0.2, 0) is 14.8 Å². The zero-order valence-corrected chi connectivity index (χ0v) is 18.7. The van der Waals surface area contributed by atoms with Crippen LogP contribution in [0, 0.1) is 5.21 Å². The molecule has 168 valence electrons. The Labute approximate surface area is 184 Å². The Morgan fingerprint density at radius 1 is 1.10 bits per heavy atom. The van der Waals surface area contributed by atoms with Crippen molar-refractivity contribution < 1.29 is 17.9 Å². The molecular formula is C23H31N3O4S. The molecule has 7 nitrogen and oxygen atoms in total. The fourth-order valence-corrected chi connectivity index (χ4v) is 5.75. The molecule has 1 saturated heterocycles. The molecule has 1 aliphatic carbocycles. The number of nitrogens with zero attached hydrogens (tertiary/aromatic N) is 2. The van der Waals surface area contributed by atoms with Crippen molar-refractivity contribution in [2.75, 3.05) is 24.3 Å². The Balaban J connectivity index is 1.39. The predicted octanol–water partition coefficient (Wildman–Crippen LogP) is 2.56. The van der Waals surface area contributed by atoms with Crippen molar-refractivity contribution in [3.8, 4) is 0 Å². The monoisotopic (exact) mass is 445 g/mol. The van der Waals surface area contributed by atoms with Gasteiger partial charge in [-0.3, -0.25) is 0 Å². The SMILES string of the molecule is CS(=O)(=O)N[C@H]1CCN(c2ccc[n+]([O-])c2)[C@H]1COC1CCC(c2ccccc2)CC1. The van der Waals surface area contributed by atoms with Crippen LogP contribution in [0.4, 0.5) is 5.69 Å². The molecule has 0 amide bonds. The number of aromatic nitrogens is 1. The van der Waals surface area contributed by atoms with Gasteiger partial charge in [0.15, 0.2) is 6.20 Å². The summed E-state index contributed by atoms with van der Waals surface area (Å²) >= 11 is 0. The van der Waals surface area contributed by atoms with E-state index in [1.54, 1.807) is 6.07 Å². The van der Waals surface area contributed by atoms with Crippen LogP contribution in [0.25, 0.3) is 0 Å². The molecular weight excluding hydrogens is 414 g/mol. The fourth-order valence-electron chi connectivity index (χ4n) is 4.93. The van der Waals surface area contributed by atoms with E-state index in [1.165, 1.54) is 24.2 Å². The summed E-state index contributed by atoms with van der Waals surface area (Å²) in [6.45, 7) is 1.10. The molecule has 1 N–H and O–H groups in total. The van der Waals surface area contributed by atoms with Crippen LogP contribution in [0.5, 0.6) is 0 Å². The van der Waals surface area contributed by atoms with Crippen LogP contribution in [-0.4, -0.2) is 46.0 Å². The second-order valence-electron chi connectivity index (χ2n) is 8.69. The quantitative estimate of drug-likeness (QED) is 0.523. The third-order valence-corrected chi connectivity index (χ3v) is 7.18. The summed E-state index contributed by atoms with van der Waals surface area (Å²) in [5.41, 5.74) is 2.19. The number of anilines is 1. The van der Waals surface area contributed by atoms with Crippen LogP contribution in [0.1, 0.15) is 43.6 Å². The second-order valence-corrected chi connectivity index (χ2v) is 10.5. The minimum absolute atomic E-state index is 0.149. The van der Waals surface area contributed by atoms with Gasteiger partial charge in [-0.25, -0.2) is 13.1 Å². The first-order chi connectivity index (χ1) is 14.9. The van der Waals surface area contributed by atoms with E-state index < -0.39 is 10.0 Å². The summed E-state index contributed by atoms with van der Waals surface area (Å²) in [6, 6.07) is 13.8. The van der Waals surface area contributed by atoms with Gasteiger partial charge in [-0.05, 0) is 49.7 Å². The maximum Gasteiger partial charge on any atom is 0.209 e. The van der Waals surface area contributed by atoms with E-state index in [-0.39, 0.29) is 18.2 Å². The number of pyridine rings is 1. The van der Waals surface area contributed by atoms with Gasteiger partial charge in [0.25, 0.3) is 0 Å². The zero-order valence-electron chi connectivity index (χ0n) is 17.9. The molecule has 0 spiro atoms. The highest BCUT2D eigenvalue weighted by atomic mass is 32.2. The first-order valence-electron chi connectivity index (χ1n) is 11.0. The van der Waals surface area contributed by atoms with Gasteiger partial charge in [-0.1, -0.05) is 30.3 Å². The highest BCUT2D eigenvalue weighted by Crippen LogP contribution is 2.34. The van der Waals surface area contributed by atoms with Crippen molar-refractivity contribution in [3.63, 3.8) is 0 Å². The largest absolute Gasteiger partial charge is 0.619 e. The Morgan fingerprint density at radius 2 is 1.84 bits per heavy atom. The van der Waals surface area contributed by atoms with Crippen LogP contribution in [0.15, 0.2) is 54.9 Å². The molecule has 31 heavy (non-hydrogen) atoms. The van der Waals surface area contributed by atoms with E-state index in [2.05, 4.69) is 33.9 Å². The van der Waals surface area contributed by atoms with E-state index >= 15 is 0 Å². The van der Waals surface area contributed by atoms with Gasteiger partial charge < -0.3 is 14.8 Å². The summed E-state index contributed by atoms with van der Waals surface area (Å²) in [7, 11) is -3.33. The smallest absolute Gasteiger partial charge is 0.209 e. The third-order valence-electron chi connectivity index (χ3n) is 6.45. The number of hydrogen-bond donors (Lipinski definition) is 1. The average molecular weight is 446 g/mol. The number of rotatable bonds is 7. The van der Waals surface area contributed by atoms with Crippen molar-refractivity contribution in [1.82, 2.24) is 4.72 Å². The maximum absolute atomic E-state index is 11.9. The Morgan fingerprint density at radius 3 is 2.52 bits per heavy atom. The molecule has 2 fully saturated rings. The van der Waals surface area contributed by atoms with E-state index in [1.807, 2.05) is 12.1 Å². The Bertz CT molecular complexity index is 962. The highest BCUT2D eigenvalue weighted by molar-refractivity contribution is 7.88. The van der Waals surface area contributed by atoms with Gasteiger partial charge in [-0.2, -0.15) is 4.73 Å². The normalized spacial score (nSPS) is 26.8. The second kappa shape index (κ2) is 9.54. The molecule has 0 radical (unpaired) electrons. The summed E-state index contributed by atoms with van der Waals surface area (Å²) in [4.78, 5) is 2.09. The molecule has 2 atom stereocenters. The molecule has 2 aromatic rings. The molecule has 1 aromatic carbocycles. The van der Waals surface area contributed by atoms with Gasteiger partial charge >= 0.3 is 0 Å². The molecule has 1 aromatic heterocycles. The van der Waals surface area contributed by atoms with E-state index in [9.17, 15) is 13.6 Å². The first-order valence-corrected chi connectivity index (χ1v) is 12.9. The molecule has 1 saturated carbocycles. The fraction of sp³-hybridized carbons (Fsp3) is 0.522. The number of nitrogens with one attached hydrogen (secondary N) is 1. The van der Waals surface area contributed by atoms with Crippen molar-refractivity contribution in [2.45, 2.75) is 56.2 Å². The average Bonchev–Trinajstić information content (AvgIpc) is 3.14. The zero-order chi connectivity index (χ0) is 21.8. The predicted molar refractivity (Wildman–Crippen MR) is 120 cm³/mol. The highest BCUT2D eigenvalue weighted by Gasteiger charge is 2.37. The molecule has 0 bridgehead atoms. The van der Waals surface area contributed by atoms with E-state index in [0.717, 1.165) is 36.1 Å². The van der Waals surface area contributed by atoms with Crippen molar-refractivity contribution in [1.29, 1.82) is 0 Å². The van der Waals surface area contributed by atoms with Crippen molar-refractivity contribution in [2.24, 2.45) is 0 Å². The Hall–Kier alpha value is -2.16. The van der Waals surface area contributed by atoms with Crippen LogP contribution < -0.4 is 14.4 Å². The Kier molecular flexibility index (Phi) is 6.79. The first kappa shape index (κ1) is 22.0. The third kappa shape index (κ3) is 5.75. The van der Waals surface area contributed by atoms with Gasteiger partial charge in [-0.15, -0.1) is 0 Å². The molecule has 2 heterocycles. The molecule has 1 aliphatic heterocycles. The van der Waals surface area contributed by atoms with Gasteiger partial charge in [0.1, 0.15) is 5.69 Å². The van der Waals surface area contributed by atoms with Crippen LogP contribution >= 0.6 is 0 Å². The standard InChI is InChI=1S/C23H31N3O4S/c1-31(28,29)24-22-13-15-26(20-8-5-14-25(27)16-20)23(22)17-30-21-11-9-19(10-12-21)18-6-3-2-4-7-18/h2-8,14,16,19,21-24H,9-13,15,17H2,1H3/t19?,21?,22-,23-/m0/s1. The van der Waals surface area contributed by atoms with Gasteiger partial charge in [0, 0.05) is 18.7 Å². The molecule has 2 aliphatic rings. The number of ether oxygens (including phenoxy) is 1. The lowest BCUT2D eigenvalue weighted by molar-refractivity contribution is -0.604. The van der Waals surface area contributed by atoms with Crippen LogP contribution in [0.3, 0.4) is 0 Å². The lowest BCUT2D eigenvalue weighted by Gasteiger charge is -2.33. The van der Waals surface area contributed by atoms with Gasteiger partial charge in [0.2, 0.25) is 16.2 Å². The van der Waals surface area contributed by atoms with Crippen LogP contribution in [0.2, 0.25) is 0 Å². The molecule has 0 unspecified atom stereocenters. The van der Waals surface area contributed by atoms with E-state index in [0.29, 0.717) is 25.5 Å². The van der Waals surface area contributed by atoms with E-state index in [4.69, 9.17) is 4.74 Å². The summed E-state index contributed by atoms with van der Waals surface area (Å²) in [6.07, 6.45) is 9.23. The molecule has 8 heteroatoms. The number of hydrogen-bond acceptors (Lipinski definition) is 5. The number of sulfonamides is 1. The lowest BCUT2D eigenvalue weighted by Crippen LogP contribution is -2.48. The summed E-state index contributed by atoms with van der Waals surface area (Å²) in [5, 5.41) is 11.8.